The minimum absolute atomic E-state index is 0.132. The summed E-state index contributed by atoms with van der Waals surface area (Å²) in [5, 5.41) is 20.3. The molecule has 0 bridgehead atoms. The topological polar surface area (TPSA) is 115 Å². The van der Waals surface area contributed by atoms with Gasteiger partial charge < -0.3 is 9.66 Å². The summed E-state index contributed by atoms with van der Waals surface area (Å²) in [5.74, 6) is 0.132. The maximum absolute atomic E-state index is 9.98. The van der Waals surface area contributed by atoms with E-state index in [1.807, 2.05) is 66.5 Å². The Morgan fingerprint density at radius 1 is 1.08 bits per heavy atom. The maximum atomic E-state index is 9.98. The number of aryl methyl sites for hydroxylation is 1. The van der Waals surface area contributed by atoms with Gasteiger partial charge in [0.2, 0.25) is 10.4 Å². The lowest BCUT2D eigenvalue weighted by atomic mass is 10.1. The second-order valence-corrected chi connectivity index (χ2v) is 6.31. The van der Waals surface area contributed by atoms with Crippen LogP contribution in [0, 0.1) is 0 Å². The first kappa shape index (κ1) is 19.4. The van der Waals surface area contributed by atoms with Gasteiger partial charge in [-0.25, -0.2) is 13.0 Å². The van der Waals surface area contributed by atoms with E-state index in [9.17, 15) is 18.1 Å². The van der Waals surface area contributed by atoms with Gasteiger partial charge >= 0.3 is 0 Å². The van der Waals surface area contributed by atoms with E-state index in [0.717, 1.165) is 23.6 Å². The Balaban J connectivity index is 0.000000352. The van der Waals surface area contributed by atoms with E-state index in [0.29, 0.717) is 5.69 Å². The number of aromatic hydroxyl groups is 1. The molecule has 0 radical (unpaired) electrons. The molecule has 0 saturated heterocycles. The van der Waals surface area contributed by atoms with Gasteiger partial charge in [-0.05, 0) is 17.5 Å². The fourth-order valence-electron chi connectivity index (χ4n) is 2.09. The predicted molar refractivity (Wildman–Crippen MR) is 94.1 cm³/mol. The molecule has 0 aliphatic heterocycles. The number of phenolic OH excluding ortho intramolecular Hbond substituents is 1. The van der Waals surface area contributed by atoms with Crippen LogP contribution in [-0.2, 0) is 21.6 Å². The Kier molecular flexibility index (Phi) is 6.34. The van der Waals surface area contributed by atoms with Crippen LogP contribution in [0.1, 0.15) is 0 Å². The molecule has 1 N–H and O–H groups in total. The molecule has 26 heavy (non-hydrogen) atoms. The number of hydrogen-bond donors (Lipinski definition) is 1. The van der Waals surface area contributed by atoms with Crippen molar-refractivity contribution in [3.05, 3.63) is 60.9 Å². The van der Waals surface area contributed by atoms with Gasteiger partial charge in [0.1, 0.15) is 24.2 Å². The van der Waals surface area contributed by atoms with Crippen LogP contribution in [-0.4, -0.2) is 25.2 Å². The normalized spacial score (nSPS) is 11.3. The van der Waals surface area contributed by atoms with E-state index in [4.69, 9.17) is 0 Å². The molecular weight excluding hydrogens is 358 g/mol. The zero-order valence-electron chi connectivity index (χ0n) is 14.1. The number of nitrogens with zero attached hydrogens (tertiary/aromatic N) is 3. The number of phenols is 1. The number of fused-ring (bicyclic) bond motifs is 1. The Labute approximate surface area is 151 Å². The number of hydrogen-bond acceptors (Lipinski definition) is 7. The molecule has 3 rings (SSSR count). The summed E-state index contributed by atoms with van der Waals surface area (Å²) in [6.45, 7) is 0. The Bertz CT molecular complexity index is 1040. The van der Waals surface area contributed by atoms with Crippen LogP contribution in [0.25, 0.3) is 10.8 Å². The van der Waals surface area contributed by atoms with E-state index in [1.54, 1.807) is 6.07 Å². The highest BCUT2D eigenvalue weighted by atomic mass is 32.3. The van der Waals surface area contributed by atoms with Gasteiger partial charge in [0.25, 0.3) is 0 Å². The van der Waals surface area contributed by atoms with Crippen molar-refractivity contribution < 1.29 is 26.8 Å². The standard InChI is InChI=1S/C16H13N3O.CH4O4S/c1-19-10-4-6-13(11-19)17-18-16-14-7-3-2-5-12(14)8-9-15(16)20;1-5-6(2,3)4/h2-11H,1H3;1H3,(H,2,3,4). The zero-order chi connectivity index (χ0) is 19.2. The molecule has 0 amide bonds. The molecule has 3 aromatic rings. The maximum Gasteiger partial charge on any atom is 0.217 e. The van der Waals surface area contributed by atoms with E-state index >= 15 is 0 Å². The number of rotatable bonds is 3. The third-order valence-electron chi connectivity index (χ3n) is 3.27. The third-order valence-corrected chi connectivity index (χ3v) is 3.68. The van der Waals surface area contributed by atoms with Gasteiger partial charge in [0, 0.05) is 11.5 Å². The predicted octanol–water partition coefficient (Wildman–Crippen LogP) is 2.88. The Hall–Kier alpha value is -2.88. The van der Waals surface area contributed by atoms with Gasteiger partial charge in [-0.15, -0.1) is 10.2 Å². The van der Waals surface area contributed by atoms with Gasteiger partial charge in [-0.3, -0.25) is 4.18 Å². The second kappa shape index (κ2) is 8.48. The molecule has 0 aliphatic carbocycles. The lowest BCUT2D eigenvalue weighted by Gasteiger charge is -2.03. The second-order valence-electron chi connectivity index (χ2n) is 5.16. The number of aromatic nitrogens is 1. The molecule has 0 aliphatic rings. The number of benzene rings is 2. The summed E-state index contributed by atoms with van der Waals surface area (Å²) in [5.41, 5.74) is 1.23. The largest absolute Gasteiger partial charge is 0.726 e. The first-order valence-corrected chi connectivity index (χ1v) is 8.72. The van der Waals surface area contributed by atoms with Crippen molar-refractivity contribution in [1.29, 1.82) is 0 Å². The highest BCUT2D eigenvalue weighted by molar-refractivity contribution is 7.80. The molecule has 0 fully saturated rings. The summed E-state index contributed by atoms with van der Waals surface area (Å²) < 4.78 is 32.9. The first-order valence-electron chi connectivity index (χ1n) is 7.39. The fourth-order valence-corrected chi connectivity index (χ4v) is 2.09. The molecule has 136 valence electrons. The van der Waals surface area contributed by atoms with E-state index < -0.39 is 10.4 Å². The van der Waals surface area contributed by atoms with Crippen LogP contribution < -0.4 is 4.57 Å². The van der Waals surface area contributed by atoms with Crippen molar-refractivity contribution >= 4 is 32.5 Å². The molecule has 2 aromatic carbocycles. The summed E-state index contributed by atoms with van der Waals surface area (Å²) in [6, 6.07) is 15.1. The monoisotopic (exact) mass is 375 g/mol. The van der Waals surface area contributed by atoms with E-state index in [-0.39, 0.29) is 5.75 Å². The fraction of sp³-hybridized carbons (Fsp3) is 0.118. The van der Waals surface area contributed by atoms with Gasteiger partial charge in [-0.1, -0.05) is 30.3 Å². The minimum Gasteiger partial charge on any atom is -0.726 e. The molecule has 8 nitrogen and oxygen atoms in total. The molecule has 1 aromatic heterocycles. The average molecular weight is 375 g/mol. The SMILES string of the molecule is COS(=O)(=O)[O-].C[n+]1cccc(N=Nc2c(O)ccc3ccccc23)c1. The number of azo groups is 1. The molecule has 0 saturated carbocycles. The van der Waals surface area contributed by atoms with Crippen molar-refractivity contribution in [2.24, 2.45) is 17.3 Å². The summed E-state index contributed by atoms with van der Waals surface area (Å²) in [6.07, 6.45) is 3.79. The van der Waals surface area contributed by atoms with Gasteiger partial charge in [0.05, 0.1) is 7.11 Å². The van der Waals surface area contributed by atoms with Crippen molar-refractivity contribution in [3.8, 4) is 5.75 Å². The summed E-state index contributed by atoms with van der Waals surface area (Å²) in [4.78, 5) is 0. The lowest BCUT2D eigenvalue weighted by Crippen LogP contribution is -2.25. The van der Waals surface area contributed by atoms with Crippen LogP contribution in [0.3, 0.4) is 0 Å². The summed E-state index contributed by atoms with van der Waals surface area (Å²) in [7, 11) is -1.68. The minimum atomic E-state index is -4.41. The number of pyridine rings is 1. The van der Waals surface area contributed by atoms with Crippen molar-refractivity contribution in [3.63, 3.8) is 0 Å². The van der Waals surface area contributed by atoms with Crippen LogP contribution in [0.4, 0.5) is 11.4 Å². The highest BCUT2D eigenvalue weighted by Crippen LogP contribution is 2.35. The van der Waals surface area contributed by atoms with Gasteiger partial charge in [-0.2, -0.15) is 0 Å². The zero-order valence-corrected chi connectivity index (χ0v) is 14.9. The van der Waals surface area contributed by atoms with Crippen molar-refractivity contribution in [1.82, 2.24) is 0 Å². The Morgan fingerprint density at radius 2 is 1.77 bits per heavy atom. The third kappa shape index (κ3) is 5.59. The first-order chi connectivity index (χ1) is 12.3. The molecule has 0 spiro atoms. The summed E-state index contributed by atoms with van der Waals surface area (Å²) >= 11 is 0. The van der Waals surface area contributed by atoms with Crippen LogP contribution in [0.2, 0.25) is 0 Å². The molecular formula is C17H17N3O5S. The molecule has 9 heteroatoms. The smallest absolute Gasteiger partial charge is 0.217 e. The van der Waals surface area contributed by atoms with Crippen LogP contribution in [0.15, 0.2) is 71.2 Å². The lowest BCUT2D eigenvalue weighted by molar-refractivity contribution is -0.670. The van der Waals surface area contributed by atoms with E-state index in [1.165, 1.54) is 0 Å². The molecule has 0 unspecified atom stereocenters. The van der Waals surface area contributed by atoms with Crippen LogP contribution >= 0.6 is 0 Å². The van der Waals surface area contributed by atoms with Crippen molar-refractivity contribution in [2.75, 3.05) is 7.11 Å². The van der Waals surface area contributed by atoms with Crippen LogP contribution in [0.5, 0.6) is 5.75 Å². The Morgan fingerprint density at radius 3 is 2.42 bits per heavy atom. The molecule has 1 heterocycles. The quantitative estimate of drug-likeness (QED) is 0.327. The van der Waals surface area contributed by atoms with E-state index in [2.05, 4.69) is 14.4 Å². The van der Waals surface area contributed by atoms with Gasteiger partial charge in [0.15, 0.2) is 12.4 Å². The van der Waals surface area contributed by atoms with Crippen molar-refractivity contribution in [2.45, 2.75) is 0 Å². The molecule has 0 atom stereocenters. The highest BCUT2D eigenvalue weighted by Gasteiger charge is 2.06. The average Bonchev–Trinajstić information content (AvgIpc) is 2.61.